The minimum Gasteiger partial charge on any atom is -0.294 e. The zero-order valence-corrected chi connectivity index (χ0v) is 11.3. The van der Waals surface area contributed by atoms with E-state index >= 15 is 0 Å². The summed E-state index contributed by atoms with van der Waals surface area (Å²) in [6.07, 6.45) is 2.50. The van der Waals surface area contributed by atoms with Crippen LogP contribution in [0.1, 0.15) is 40.6 Å². The highest BCUT2D eigenvalue weighted by atomic mass is 15.1. The minimum absolute atomic E-state index is 0.569. The standard InChI is InChI=1S/C18H19N/c1-19-12-14-7-3-4-8-15(14)17-11-10-13-6-2-5-9-16(13)18(17)19/h2-9,17-18H,10-12H2,1H3/t17-,18+/m0/s1. The molecule has 1 heterocycles. The molecule has 0 N–H and O–H groups in total. The van der Waals surface area contributed by atoms with Gasteiger partial charge in [0.2, 0.25) is 0 Å². The van der Waals surface area contributed by atoms with Crippen molar-refractivity contribution in [2.24, 2.45) is 0 Å². The van der Waals surface area contributed by atoms with E-state index in [-0.39, 0.29) is 0 Å². The summed E-state index contributed by atoms with van der Waals surface area (Å²) >= 11 is 0. The summed E-state index contributed by atoms with van der Waals surface area (Å²) in [7, 11) is 2.27. The average molecular weight is 249 g/mol. The maximum absolute atomic E-state index is 2.53. The second-order valence-electron chi connectivity index (χ2n) is 5.90. The predicted octanol–water partition coefficient (Wildman–Crippen LogP) is 3.90. The van der Waals surface area contributed by atoms with Gasteiger partial charge in [-0.25, -0.2) is 0 Å². The van der Waals surface area contributed by atoms with Gasteiger partial charge in [-0.2, -0.15) is 0 Å². The molecule has 2 aromatic carbocycles. The number of nitrogens with zero attached hydrogens (tertiary/aromatic N) is 1. The summed E-state index contributed by atoms with van der Waals surface area (Å²) < 4.78 is 0. The molecule has 4 rings (SSSR count). The van der Waals surface area contributed by atoms with E-state index in [1.807, 2.05) is 0 Å². The molecular formula is C18H19N. The Morgan fingerprint density at radius 3 is 2.42 bits per heavy atom. The molecule has 0 aromatic heterocycles. The molecule has 1 aliphatic heterocycles. The van der Waals surface area contributed by atoms with Crippen molar-refractivity contribution in [1.82, 2.24) is 4.90 Å². The molecule has 0 saturated carbocycles. The lowest BCUT2D eigenvalue weighted by Gasteiger charge is -2.44. The number of rotatable bonds is 0. The highest BCUT2D eigenvalue weighted by Crippen LogP contribution is 2.48. The van der Waals surface area contributed by atoms with Crippen molar-refractivity contribution in [3.05, 3.63) is 70.8 Å². The van der Waals surface area contributed by atoms with Crippen molar-refractivity contribution in [2.75, 3.05) is 7.05 Å². The number of benzene rings is 2. The Labute approximate surface area is 114 Å². The molecule has 0 amide bonds. The zero-order chi connectivity index (χ0) is 12.8. The lowest BCUT2D eigenvalue weighted by Crippen LogP contribution is -2.37. The molecule has 2 aromatic rings. The summed E-state index contributed by atoms with van der Waals surface area (Å²) in [5.74, 6) is 0.671. The molecule has 1 aliphatic carbocycles. The van der Waals surface area contributed by atoms with Crippen molar-refractivity contribution in [1.29, 1.82) is 0 Å². The second kappa shape index (κ2) is 4.21. The highest BCUT2D eigenvalue weighted by molar-refractivity contribution is 5.42. The molecule has 0 saturated heterocycles. The quantitative estimate of drug-likeness (QED) is 0.684. The van der Waals surface area contributed by atoms with Crippen molar-refractivity contribution in [2.45, 2.75) is 31.3 Å². The van der Waals surface area contributed by atoms with Gasteiger partial charge in [-0.3, -0.25) is 4.90 Å². The van der Waals surface area contributed by atoms with Crippen LogP contribution in [0.4, 0.5) is 0 Å². The van der Waals surface area contributed by atoms with Crippen LogP contribution in [-0.2, 0) is 13.0 Å². The molecule has 0 radical (unpaired) electrons. The van der Waals surface area contributed by atoms with Crippen LogP contribution >= 0.6 is 0 Å². The molecule has 0 spiro atoms. The molecule has 1 heteroatoms. The maximum Gasteiger partial charge on any atom is 0.0420 e. The van der Waals surface area contributed by atoms with Crippen LogP contribution in [0.2, 0.25) is 0 Å². The molecule has 2 atom stereocenters. The van der Waals surface area contributed by atoms with E-state index in [1.165, 1.54) is 18.4 Å². The Bertz CT molecular complexity index is 617. The summed E-state index contributed by atoms with van der Waals surface area (Å²) in [4.78, 5) is 2.53. The van der Waals surface area contributed by atoms with Crippen LogP contribution in [0.5, 0.6) is 0 Å². The Morgan fingerprint density at radius 1 is 0.895 bits per heavy atom. The van der Waals surface area contributed by atoms with Gasteiger partial charge < -0.3 is 0 Å². The van der Waals surface area contributed by atoms with Crippen molar-refractivity contribution < 1.29 is 0 Å². The average Bonchev–Trinajstić information content (AvgIpc) is 2.46. The van der Waals surface area contributed by atoms with Crippen LogP contribution in [0.3, 0.4) is 0 Å². The van der Waals surface area contributed by atoms with E-state index in [1.54, 1.807) is 16.7 Å². The topological polar surface area (TPSA) is 3.24 Å². The monoisotopic (exact) mass is 249 g/mol. The second-order valence-corrected chi connectivity index (χ2v) is 5.90. The van der Waals surface area contributed by atoms with Crippen LogP contribution < -0.4 is 0 Å². The third kappa shape index (κ3) is 1.65. The number of aryl methyl sites for hydroxylation is 1. The lowest BCUT2D eigenvalue weighted by atomic mass is 9.72. The van der Waals surface area contributed by atoms with E-state index in [0.29, 0.717) is 12.0 Å². The Balaban J connectivity index is 1.87. The number of hydrogen-bond acceptors (Lipinski definition) is 1. The largest absolute Gasteiger partial charge is 0.294 e. The summed E-state index contributed by atoms with van der Waals surface area (Å²) in [5, 5.41) is 0. The van der Waals surface area contributed by atoms with Gasteiger partial charge in [0.15, 0.2) is 0 Å². The maximum atomic E-state index is 2.53. The fourth-order valence-electron chi connectivity index (χ4n) is 4.01. The fourth-order valence-corrected chi connectivity index (χ4v) is 4.01. The van der Waals surface area contributed by atoms with Gasteiger partial charge in [-0.15, -0.1) is 0 Å². The first-order valence-corrected chi connectivity index (χ1v) is 7.20. The molecule has 0 fully saturated rings. The first kappa shape index (κ1) is 11.2. The predicted molar refractivity (Wildman–Crippen MR) is 78.2 cm³/mol. The Hall–Kier alpha value is -1.60. The van der Waals surface area contributed by atoms with Gasteiger partial charge in [0.05, 0.1) is 0 Å². The Morgan fingerprint density at radius 2 is 1.58 bits per heavy atom. The van der Waals surface area contributed by atoms with Crippen molar-refractivity contribution >= 4 is 0 Å². The van der Waals surface area contributed by atoms with Gasteiger partial charge in [-0.05, 0) is 42.1 Å². The fraction of sp³-hybridized carbons (Fsp3) is 0.333. The SMILES string of the molecule is CN1Cc2ccccc2[C@@H]2CCc3ccccc3[C@H]21. The van der Waals surface area contributed by atoms with Crippen LogP contribution in [0.25, 0.3) is 0 Å². The first-order chi connectivity index (χ1) is 9.34. The molecule has 0 unspecified atom stereocenters. The molecule has 1 nitrogen and oxygen atoms in total. The molecule has 2 aliphatic rings. The number of fused-ring (bicyclic) bond motifs is 5. The van der Waals surface area contributed by atoms with E-state index in [4.69, 9.17) is 0 Å². The van der Waals surface area contributed by atoms with Crippen LogP contribution in [-0.4, -0.2) is 11.9 Å². The zero-order valence-electron chi connectivity index (χ0n) is 11.3. The van der Waals surface area contributed by atoms with E-state index in [2.05, 4.69) is 60.5 Å². The van der Waals surface area contributed by atoms with Crippen LogP contribution in [0.15, 0.2) is 48.5 Å². The third-order valence-corrected chi connectivity index (χ3v) is 4.83. The molecule has 0 bridgehead atoms. The summed E-state index contributed by atoms with van der Waals surface area (Å²) in [6.45, 7) is 1.08. The van der Waals surface area contributed by atoms with Gasteiger partial charge >= 0.3 is 0 Å². The Kier molecular flexibility index (Phi) is 2.49. The number of likely N-dealkylation sites (N-methyl/N-ethyl adjacent to an activating group) is 1. The van der Waals surface area contributed by atoms with Gasteiger partial charge in [0, 0.05) is 18.5 Å². The summed E-state index contributed by atoms with van der Waals surface area (Å²) in [6, 6.07) is 18.6. The number of hydrogen-bond donors (Lipinski definition) is 0. The van der Waals surface area contributed by atoms with E-state index < -0.39 is 0 Å². The smallest absolute Gasteiger partial charge is 0.0420 e. The van der Waals surface area contributed by atoms with E-state index in [9.17, 15) is 0 Å². The van der Waals surface area contributed by atoms with Crippen LogP contribution in [0, 0.1) is 0 Å². The summed E-state index contributed by atoms with van der Waals surface area (Å²) in [5.41, 5.74) is 6.21. The highest BCUT2D eigenvalue weighted by Gasteiger charge is 2.37. The van der Waals surface area contributed by atoms with Gasteiger partial charge in [0.25, 0.3) is 0 Å². The third-order valence-electron chi connectivity index (χ3n) is 4.83. The normalized spacial score (nSPS) is 25.3. The van der Waals surface area contributed by atoms with Crippen molar-refractivity contribution in [3.63, 3.8) is 0 Å². The van der Waals surface area contributed by atoms with Gasteiger partial charge in [0.1, 0.15) is 0 Å². The molecule has 19 heavy (non-hydrogen) atoms. The molecule has 96 valence electrons. The van der Waals surface area contributed by atoms with E-state index in [0.717, 1.165) is 6.54 Å². The first-order valence-electron chi connectivity index (χ1n) is 7.20. The van der Waals surface area contributed by atoms with Crippen molar-refractivity contribution in [3.8, 4) is 0 Å². The minimum atomic E-state index is 0.569. The molecular weight excluding hydrogens is 230 g/mol. The lowest BCUT2D eigenvalue weighted by molar-refractivity contribution is 0.170. The van der Waals surface area contributed by atoms with Gasteiger partial charge in [-0.1, -0.05) is 48.5 Å².